The number of ether oxygens (including phenoxy) is 1. The molecule has 1 aromatic rings. The lowest BCUT2D eigenvalue weighted by atomic mass is 10.2. The zero-order valence-corrected chi connectivity index (χ0v) is 12.3. The van der Waals surface area contributed by atoms with E-state index in [4.69, 9.17) is 4.74 Å². The largest absolute Gasteiger partial charge is 0.497 e. The first kappa shape index (κ1) is 14.8. The van der Waals surface area contributed by atoms with Gasteiger partial charge in [0.15, 0.2) is 0 Å². The summed E-state index contributed by atoms with van der Waals surface area (Å²) in [5, 5.41) is 3.36. The third-order valence-electron chi connectivity index (χ3n) is 2.86. The lowest BCUT2D eigenvalue weighted by Gasteiger charge is -2.27. The molecule has 1 saturated heterocycles. The summed E-state index contributed by atoms with van der Waals surface area (Å²) in [6.07, 6.45) is 0. The summed E-state index contributed by atoms with van der Waals surface area (Å²) in [4.78, 5) is 2.45. The van der Waals surface area contributed by atoms with Crippen LogP contribution in [0.4, 0.5) is 0 Å². The van der Waals surface area contributed by atoms with Crippen LogP contribution < -0.4 is 10.1 Å². The predicted molar refractivity (Wildman–Crippen MR) is 76.1 cm³/mol. The summed E-state index contributed by atoms with van der Waals surface area (Å²) in [5.74, 6) is 0.924. The normalized spacial score (nSPS) is 16.4. The lowest BCUT2D eigenvalue weighted by Crippen LogP contribution is -2.42. The van der Waals surface area contributed by atoms with Gasteiger partial charge in [0, 0.05) is 37.2 Å². The van der Waals surface area contributed by atoms with Crippen LogP contribution in [0.5, 0.6) is 5.75 Å². The molecule has 5 heteroatoms. The van der Waals surface area contributed by atoms with Crippen molar-refractivity contribution in [1.29, 1.82) is 0 Å². The van der Waals surface area contributed by atoms with Crippen LogP contribution in [0.25, 0.3) is 0 Å². The predicted octanol–water partition coefficient (Wildman–Crippen LogP) is 2.28. The van der Waals surface area contributed by atoms with Crippen molar-refractivity contribution in [1.82, 2.24) is 10.2 Å². The van der Waals surface area contributed by atoms with E-state index in [0.717, 1.165) is 42.9 Å². The third kappa shape index (κ3) is 4.14. The fourth-order valence-electron chi connectivity index (χ4n) is 1.91. The van der Waals surface area contributed by atoms with Gasteiger partial charge in [0.25, 0.3) is 0 Å². The van der Waals surface area contributed by atoms with E-state index in [1.54, 1.807) is 7.11 Å². The Morgan fingerprint density at radius 1 is 1.35 bits per heavy atom. The van der Waals surface area contributed by atoms with E-state index in [2.05, 4.69) is 38.3 Å². The first-order chi connectivity index (χ1) is 7.79. The summed E-state index contributed by atoms with van der Waals surface area (Å²) < 4.78 is 6.41. The van der Waals surface area contributed by atoms with Crippen LogP contribution >= 0.6 is 28.3 Å². The zero-order chi connectivity index (χ0) is 11.4. The molecule has 0 saturated carbocycles. The molecule has 1 aliphatic rings. The van der Waals surface area contributed by atoms with Crippen LogP contribution in [0, 0.1) is 0 Å². The fourth-order valence-corrected chi connectivity index (χ4v) is 2.28. The Balaban J connectivity index is 0.00000144. The second-order valence-electron chi connectivity index (χ2n) is 3.98. The Hall–Kier alpha value is -0.290. The molecule has 0 aliphatic carbocycles. The Labute approximate surface area is 117 Å². The average molecular weight is 322 g/mol. The molecule has 0 bridgehead atoms. The molecule has 0 amide bonds. The van der Waals surface area contributed by atoms with Gasteiger partial charge in [0.1, 0.15) is 5.75 Å². The summed E-state index contributed by atoms with van der Waals surface area (Å²) in [6.45, 7) is 5.38. The number of hydrogen-bond acceptors (Lipinski definition) is 3. The number of methoxy groups -OCH3 is 1. The molecule has 1 heterocycles. The van der Waals surface area contributed by atoms with Gasteiger partial charge in [-0.05, 0) is 23.8 Å². The van der Waals surface area contributed by atoms with Gasteiger partial charge < -0.3 is 10.1 Å². The summed E-state index contributed by atoms with van der Waals surface area (Å²) in [5.41, 5.74) is 1.29. The maximum absolute atomic E-state index is 5.25. The van der Waals surface area contributed by atoms with E-state index in [-0.39, 0.29) is 12.4 Å². The topological polar surface area (TPSA) is 24.5 Å². The molecule has 0 spiro atoms. The standard InChI is InChI=1S/C12H17BrN2O.ClH/c1-16-11-2-3-12(13)10(8-11)9-15-6-4-14-5-7-15;/h2-3,8,14H,4-7,9H2,1H3;1H. The van der Waals surface area contributed by atoms with Crippen molar-refractivity contribution in [3.05, 3.63) is 28.2 Å². The highest BCUT2D eigenvalue weighted by molar-refractivity contribution is 9.10. The second kappa shape index (κ2) is 7.21. The van der Waals surface area contributed by atoms with Crippen LogP contribution in [0.15, 0.2) is 22.7 Å². The SMILES string of the molecule is COc1ccc(Br)c(CN2CCNCC2)c1.Cl. The van der Waals surface area contributed by atoms with Gasteiger partial charge in [-0.3, -0.25) is 4.90 Å². The van der Waals surface area contributed by atoms with Crippen LogP contribution in [0.3, 0.4) is 0 Å². The Bertz CT molecular complexity index is 356. The van der Waals surface area contributed by atoms with E-state index >= 15 is 0 Å². The molecular formula is C12H18BrClN2O. The van der Waals surface area contributed by atoms with Crippen molar-refractivity contribution in [3.63, 3.8) is 0 Å². The Kier molecular flexibility index (Phi) is 6.27. The minimum absolute atomic E-state index is 0. The third-order valence-corrected chi connectivity index (χ3v) is 3.63. The molecule has 2 rings (SSSR count). The van der Waals surface area contributed by atoms with E-state index in [9.17, 15) is 0 Å². The number of nitrogens with one attached hydrogen (secondary N) is 1. The summed E-state index contributed by atoms with van der Waals surface area (Å²) >= 11 is 3.59. The summed E-state index contributed by atoms with van der Waals surface area (Å²) in [7, 11) is 1.71. The Morgan fingerprint density at radius 2 is 2.06 bits per heavy atom. The molecule has 0 unspecified atom stereocenters. The average Bonchev–Trinajstić information content (AvgIpc) is 2.33. The van der Waals surface area contributed by atoms with Gasteiger partial charge in [0.2, 0.25) is 0 Å². The van der Waals surface area contributed by atoms with Gasteiger partial charge in [0.05, 0.1) is 7.11 Å². The molecule has 3 nitrogen and oxygen atoms in total. The number of piperazine rings is 1. The molecule has 1 aromatic carbocycles. The number of rotatable bonds is 3. The molecule has 0 atom stereocenters. The van der Waals surface area contributed by atoms with Crippen LogP contribution in [0.2, 0.25) is 0 Å². The van der Waals surface area contributed by atoms with Crippen molar-refractivity contribution in [2.45, 2.75) is 6.54 Å². The number of benzene rings is 1. The molecule has 17 heavy (non-hydrogen) atoms. The van der Waals surface area contributed by atoms with Crippen molar-refractivity contribution in [2.75, 3.05) is 33.3 Å². The highest BCUT2D eigenvalue weighted by Gasteiger charge is 2.11. The maximum atomic E-state index is 5.25. The van der Waals surface area contributed by atoms with Gasteiger partial charge in [-0.25, -0.2) is 0 Å². The van der Waals surface area contributed by atoms with Gasteiger partial charge in [-0.15, -0.1) is 12.4 Å². The first-order valence-corrected chi connectivity index (χ1v) is 6.34. The summed E-state index contributed by atoms with van der Waals surface area (Å²) in [6, 6.07) is 6.13. The highest BCUT2D eigenvalue weighted by Crippen LogP contribution is 2.23. The van der Waals surface area contributed by atoms with Crippen molar-refractivity contribution < 1.29 is 4.74 Å². The minimum Gasteiger partial charge on any atom is -0.497 e. The highest BCUT2D eigenvalue weighted by atomic mass is 79.9. The monoisotopic (exact) mass is 320 g/mol. The van der Waals surface area contributed by atoms with Crippen LogP contribution in [-0.4, -0.2) is 38.2 Å². The number of nitrogens with zero attached hydrogens (tertiary/aromatic N) is 1. The first-order valence-electron chi connectivity index (χ1n) is 5.55. The number of halogens is 2. The maximum Gasteiger partial charge on any atom is 0.119 e. The smallest absolute Gasteiger partial charge is 0.119 e. The van der Waals surface area contributed by atoms with Gasteiger partial charge in [-0.2, -0.15) is 0 Å². The number of hydrogen-bond donors (Lipinski definition) is 1. The molecule has 1 aliphatic heterocycles. The molecule has 0 aromatic heterocycles. The molecule has 0 radical (unpaired) electrons. The zero-order valence-electron chi connectivity index (χ0n) is 9.91. The van der Waals surface area contributed by atoms with E-state index in [0.29, 0.717) is 0 Å². The van der Waals surface area contributed by atoms with Crippen molar-refractivity contribution in [3.8, 4) is 5.75 Å². The molecule has 96 valence electrons. The second-order valence-corrected chi connectivity index (χ2v) is 4.84. The minimum atomic E-state index is 0. The van der Waals surface area contributed by atoms with E-state index in [1.165, 1.54) is 5.56 Å². The van der Waals surface area contributed by atoms with E-state index < -0.39 is 0 Å². The Morgan fingerprint density at radius 3 is 2.71 bits per heavy atom. The molecule has 1 fully saturated rings. The van der Waals surface area contributed by atoms with Crippen molar-refractivity contribution in [2.24, 2.45) is 0 Å². The van der Waals surface area contributed by atoms with Gasteiger partial charge >= 0.3 is 0 Å². The fraction of sp³-hybridized carbons (Fsp3) is 0.500. The quantitative estimate of drug-likeness (QED) is 0.924. The van der Waals surface area contributed by atoms with Gasteiger partial charge in [-0.1, -0.05) is 15.9 Å². The van der Waals surface area contributed by atoms with Crippen molar-refractivity contribution >= 4 is 28.3 Å². The molecular weight excluding hydrogens is 304 g/mol. The van der Waals surface area contributed by atoms with E-state index in [1.807, 2.05) is 6.07 Å². The van der Waals surface area contributed by atoms with Crippen LogP contribution in [-0.2, 0) is 6.54 Å². The molecule has 1 N–H and O–H groups in total. The lowest BCUT2D eigenvalue weighted by molar-refractivity contribution is 0.232. The van der Waals surface area contributed by atoms with Crippen LogP contribution in [0.1, 0.15) is 5.56 Å².